The summed E-state index contributed by atoms with van der Waals surface area (Å²) in [7, 11) is -2.98. The summed E-state index contributed by atoms with van der Waals surface area (Å²) >= 11 is 2.97. The Hall–Kier alpha value is -0.600. The predicted octanol–water partition coefficient (Wildman–Crippen LogP) is 1.97. The van der Waals surface area contributed by atoms with Gasteiger partial charge in [0.25, 0.3) is 0 Å². The predicted molar refractivity (Wildman–Crippen MR) is 86.6 cm³/mol. The van der Waals surface area contributed by atoms with Crippen molar-refractivity contribution in [3.63, 3.8) is 0 Å². The zero-order valence-corrected chi connectivity index (χ0v) is 14.9. The van der Waals surface area contributed by atoms with Gasteiger partial charge in [-0.25, -0.2) is 13.4 Å². The average Bonchev–Trinajstić information content (AvgIpc) is 2.96. The maximum atomic E-state index is 12.6. The Morgan fingerprint density at radius 2 is 2.33 bits per heavy atom. The fourth-order valence-corrected chi connectivity index (χ4v) is 6.22. The van der Waals surface area contributed by atoms with E-state index in [1.54, 1.807) is 4.90 Å². The summed E-state index contributed by atoms with van der Waals surface area (Å²) in [6.45, 7) is 6.22. The molecule has 2 heterocycles. The lowest BCUT2D eigenvalue weighted by molar-refractivity contribution is -0.131. The average molecular weight is 349 g/mol. The fourth-order valence-electron chi connectivity index (χ4n) is 2.44. The lowest BCUT2D eigenvalue weighted by atomic mass is 10.2. The van der Waals surface area contributed by atoms with Gasteiger partial charge < -0.3 is 4.90 Å². The lowest BCUT2D eigenvalue weighted by Gasteiger charge is -2.29. The Balaban J connectivity index is 2.02. The SMILES string of the molecule is CCN(C(=O)[C@H](C)Sc1nc(C)cs1)[C@@H]1CCS(=O)(=O)C1. The van der Waals surface area contributed by atoms with Crippen molar-refractivity contribution in [2.75, 3.05) is 18.1 Å². The first-order valence-electron chi connectivity index (χ1n) is 6.92. The van der Waals surface area contributed by atoms with Crippen molar-refractivity contribution in [1.29, 1.82) is 0 Å². The van der Waals surface area contributed by atoms with Gasteiger partial charge in [0, 0.05) is 23.7 Å². The molecule has 1 aromatic heterocycles. The zero-order chi connectivity index (χ0) is 15.6. The number of thioether (sulfide) groups is 1. The van der Waals surface area contributed by atoms with Crippen LogP contribution in [0.15, 0.2) is 9.72 Å². The van der Waals surface area contributed by atoms with Crippen LogP contribution in [0, 0.1) is 6.92 Å². The van der Waals surface area contributed by atoms with E-state index < -0.39 is 9.84 Å². The summed E-state index contributed by atoms with van der Waals surface area (Å²) in [5.74, 6) is 0.284. The second-order valence-corrected chi connectivity index (χ2v) is 9.87. The minimum Gasteiger partial charge on any atom is -0.338 e. The summed E-state index contributed by atoms with van der Waals surface area (Å²) in [6.07, 6.45) is 0.551. The molecule has 5 nitrogen and oxygen atoms in total. The van der Waals surface area contributed by atoms with Gasteiger partial charge in [0.1, 0.15) is 0 Å². The van der Waals surface area contributed by atoms with Crippen LogP contribution in [-0.2, 0) is 14.6 Å². The van der Waals surface area contributed by atoms with E-state index in [0.29, 0.717) is 13.0 Å². The van der Waals surface area contributed by atoms with Crippen molar-refractivity contribution < 1.29 is 13.2 Å². The summed E-state index contributed by atoms with van der Waals surface area (Å²) in [5, 5.41) is 1.71. The van der Waals surface area contributed by atoms with Crippen molar-refractivity contribution in [1.82, 2.24) is 9.88 Å². The molecule has 1 amide bonds. The summed E-state index contributed by atoms with van der Waals surface area (Å²) < 4.78 is 24.1. The van der Waals surface area contributed by atoms with Gasteiger partial charge in [-0.05, 0) is 27.2 Å². The maximum Gasteiger partial charge on any atom is 0.236 e. The number of amides is 1. The molecule has 0 N–H and O–H groups in total. The van der Waals surface area contributed by atoms with Gasteiger partial charge in [-0.2, -0.15) is 0 Å². The van der Waals surface area contributed by atoms with Gasteiger partial charge in [-0.3, -0.25) is 4.79 Å². The number of aryl methyl sites for hydroxylation is 1. The molecule has 2 atom stereocenters. The number of aromatic nitrogens is 1. The molecule has 8 heteroatoms. The van der Waals surface area contributed by atoms with Crippen LogP contribution in [0.1, 0.15) is 26.0 Å². The van der Waals surface area contributed by atoms with Crippen LogP contribution in [0.5, 0.6) is 0 Å². The zero-order valence-electron chi connectivity index (χ0n) is 12.4. The van der Waals surface area contributed by atoms with Gasteiger partial charge in [-0.15, -0.1) is 11.3 Å². The Bertz CT molecular complexity index is 612. The highest BCUT2D eigenvalue weighted by molar-refractivity contribution is 8.02. The molecule has 1 aliphatic rings. The first-order chi connectivity index (χ1) is 9.82. The minimum absolute atomic E-state index is 0.00236. The van der Waals surface area contributed by atoms with E-state index in [9.17, 15) is 13.2 Å². The molecular formula is C13H20N2O3S3. The normalized spacial score (nSPS) is 22.1. The number of nitrogens with zero attached hydrogens (tertiary/aromatic N) is 2. The summed E-state index contributed by atoms with van der Waals surface area (Å²) in [5.41, 5.74) is 0.955. The Morgan fingerprint density at radius 1 is 1.62 bits per heavy atom. The van der Waals surface area contributed by atoms with Gasteiger partial charge >= 0.3 is 0 Å². The van der Waals surface area contributed by atoms with Gasteiger partial charge in [0.05, 0.1) is 16.8 Å². The number of hydrogen-bond acceptors (Lipinski definition) is 6. The minimum atomic E-state index is -2.98. The number of carbonyl (C=O) groups is 1. The van der Waals surface area contributed by atoms with Crippen LogP contribution < -0.4 is 0 Å². The molecule has 21 heavy (non-hydrogen) atoms. The second kappa shape index (κ2) is 6.66. The number of sulfone groups is 1. The van der Waals surface area contributed by atoms with Gasteiger partial charge in [0.2, 0.25) is 5.91 Å². The van der Waals surface area contributed by atoms with Crippen LogP contribution in [0.3, 0.4) is 0 Å². The van der Waals surface area contributed by atoms with E-state index in [0.717, 1.165) is 10.0 Å². The lowest BCUT2D eigenvalue weighted by Crippen LogP contribution is -2.44. The van der Waals surface area contributed by atoms with E-state index in [-0.39, 0.29) is 28.7 Å². The Morgan fingerprint density at radius 3 is 2.81 bits per heavy atom. The molecule has 0 aliphatic carbocycles. The molecule has 0 aromatic carbocycles. The molecule has 0 bridgehead atoms. The number of hydrogen-bond donors (Lipinski definition) is 0. The molecule has 1 aromatic rings. The molecule has 118 valence electrons. The van der Waals surface area contributed by atoms with E-state index in [4.69, 9.17) is 0 Å². The molecule has 1 saturated heterocycles. The van der Waals surface area contributed by atoms with Crippen molar-refractivity contribution in [2.45, 2.75) is 42.8 Å². The third-order valence-corrected chi connectivity index (χ3v) is 7.42. The molecule has 0 saturated carbocycles. The van der Waals surface area contributed by atoms with Crippen LogP contribution >= 0.6 is 23.1 Å². The molecule has 1 fully saturated rings. The maximum absolute atomic E-state index is 12.6. The van der Waals surface area contributed by atoms with E-state index >= 15 is 0 Å². The third-order valence-electron chi connectivity index (χ3n) is 3.50. The summed E-state index contributed by atoms with van der Waals surface area (Å²) in [4.78, 5) is 18.6. The van der Waals surface area contributed by atoms with Gasteiger partial charge in [-0.1, -0.05) is 11.8 Å². The highest BCUT2D eigenvalue weighted by atomic mass is 32.2. The van der Waals surface area contributed by atoms with E-state index in [1.807, 2.05) is 26.2 Å². The van der Waals surface area contributed by atoms with Gasteiger partial charge in [0.15, 0.2) is 14.2 Å². The number of carbonyl (C=O) groups excluding carboxylic acids is 1. The van der Waals surface area contributed by atoms with E-state index in [2.05, 4.69) is 4.98 Å². The topological polar surface area (TPSA) is 67.3 Å². The quantitative estimate of drug-likeness (QED) is 0.761. The molecule has 0 spiro atoms. The monoisotopic (exact) mass is 348 g/mol. The molecule has 0 radical (unpaired) electrons. The van der Waals surface area contributed by atoms with Crippen molar-refractivity contribution >= 4 is 38.8 Å². The van der Waals surface area contributed by atoms with Crippen LogP contribution in [0.25, 0.3) is 0 Å². The smallest absolute Gasteiger partial charge is 0.236 e. The number of thiazole rings is 1. The van der Waals surface area contributed by atoms with Crippen LogP contribution in [-0.4, -0.2) is 53.6 Å². The van der Waals surface area contributed by atoms with Crippen molar-refractivity contribution in [2.24, 2.45) is 0 Å². The van der Waals surface area contributed by atoms with Crippen LogP contribution in [0.4, 0.5) is 0 Å². The van der Waals surface area contributed by atoms with Crippen LogP contribution in [0.2, 0.25) is 0 Å². The molecule has 2 rings (SSSR count). The van der Waals surface area contributed by atoms with Crippen molar-refractivity contribution in [3.05, 3.63) is 11.1 Å². The molecular weight excluding hydrogens is 328 g/mol. The Kier molecular flexibility index (Phi) is 5.32. The Labute approximate surface area is 134 Å². The second-order valence-electron chi connectivity index (χ2n) is 5.20. The highest BCUT2D eigenvalue weighted by Crippen LogP contribution is 2.29. The first kappa shape index (κ1) is 16.8. The fraction of sp³-hybridized carbons (Fsp3) is 0.692. The highest BCUT2D eigenvalue weighted by Gasteiger charge is 2.35. The number of rotatable bonds is 5. The molecule has 1 aliphatic heterocycles. The van der Waals surface area contributed by atoms with E-state index in [1.165, 1.54) is 23.1 Å². The first-order valence-corrected chi connectivity index (χ1v) is 10.5. The third kappa shape index (κ3) is 4.20. The molecule has 0 unspecified atom stereocenters. The summed E-state index contributed by atoms with van der Waals surface area (Å²) in [6, 6.07) is -0.173. The van der Waals surface area contributed by atoms with Crippen molar-refractivity contribution in [3.8, 4) is 0 Å². The standard InChI is InChI=1S/C13H20N2O3S3/c1-4-15(11-5-6-21(17,18)8-11)12(16)10(3)20-13-14-9(2)7-19-13/h7,10-11H,4-6,8H2,1-3H3/t10-,11+/m0/s1. The largest absolute Gasteiger partial charge is 0.338 e.